The van der Waals surface area contributed by atoms with Crippen molar-refractivity contribution >= 4 is 26.7 Å². The third-order valence-electron chi connectivity index (χ3n) is 4.65. The molecule has 1 aromatic heterocycles. The van der Waals surface area contributed by atoms with Crippen molar-refractivity contribution in [3.05, 3.63) is 51.9 Å². The molecule has 0 amide bonds. The molecule has 0 radical (unpaired) electrons. The summed E-state index contributed by atoms with van der Waals surface area (Å²) in [6.07, 6.45) is 0. The molecule has 0 unspecified atom stereocenters. The third-order valence-corrected chi connectivity index (χ3v) is 6.18. The van der Waals surface area contributed by atoms with Crippen molar-refractivity contribution in [2.24, 2.45) is 0 Å². The fraction of sp³-hybridized carbons (Fsp3) is 0.278. The first-order valence-electron chi connectivity index (χ1n) is 8.18. The largest absolute Gasteiger partial charge is 0.492 e. The number of hydrogen-bond donors (Lipinski definition) is 3. The molecule has 3 N–H and O–H groups in total. The number of anilines is 1. The summed E-state index contributed by atoms with van der Waals surface area (Å²) >= 11 is 0. The van der Waals surface area contributed by atoms with E-state index in [0.29, 0.717) is 34.6 Å². The lowest BCUT2D eigenvalue weighted by atomic mass is 9.87. The molecular formula is C18H19N3O4S. The maximum absolute atomic E-state index is 12.8. The van der Waals surface area contributed by atoms with Gasteiger partial charge >= 0.3 is 5.69 Å². The molecule has 26 heavy (non-hydrogen) atoms. The average Bonchev–Trinajstić information content (AvgIpc) is 3.04. The average molecular weight is 373 g/mol. The third kappa shape index (κ3) is 2.66. The van der Waals surface area contributed by atoms with Gasteiger partial charge in [0.2, 0.25) is 0 Å². The summed E-state index contributed by atoms with van der Waals surface area (Å²) in [5.74, 6) is 0.692. The molecule has 0 bridgehead atoms. The summed E-state index contributed by atoms with van der Waals surface area (Å²) in [5.41, 5.74) is 2.58. The number of ether oxygens (including phenoxy) is 1. The van der Waals surface area contributed by atoms with E-state index in [0.717, 1.165) is 5.56 Å². The van der Waals surface area contributed by atoms with E-state index in [2.05, 4.69) is 28.5 Å². The second-order valence-corrected chi connectivity index (χ2v) is 8.88. The van der Waals surface area contributed by atoms with Gasteiger partial charge in [0.15, 0.2) is 0 Å². The Morgan fingerprint density at radius 1 is 1.12 bits per heavy atom. The van der Waals surface area contributed by atoms with Gasteiger partial charge < -0.3 is 14.7 Å². The smallest absolute Gasteiger partial charge is 0.323 e. The minimum atomic E-state index is -3.81. The Labute approximate surface area is 150 Å². The van der Waals surface area contributed by atoms with Crippen LogP contribution in [0.15, 0.2) is 40.0 Å². The predicted octanol–water partition coefficient (Wildman–Crippen LogP) is 2.64. The van der Waals surface area contributed by atoms with Gasteiger partial charge in [0.05, 0.1) is 28.2 Å². The van der Waals surface area contributed by atoms with E-state index in [-0.39, 0.29) is 16.0 Å². The number of imidazole rings is 1. The lowest BCUT2D eigenvalue weighted by Gasteiger charge is -2.15. The van der Waals surface area contributed by atoms with Crippen LogP contribution in [0, 0.1) is 6.92 Å². The van der Waals surface area contributed by atoms with E-state index in [4.69, 9.17) is 4.74 Å². The molecule has 7 nitrogen and oxygen atoms in total. The normalized spacial score (nSPS) is 15.7. The molecule has 3 aromatic rings. The Balaban J connectivity index is 1.72. The second kappa shape index (κ2) is 5.38. The summed E-state index contributed by atoms with van der Waals surface area (Å²) in [7, 11) is -3.81. The quantitative estimate of drug-likeness (QED) is 0.656. The number of rotatable bonds is 3. The van der Waals surface area contributed by atoms with Crippen LogP contribution in [0.2, 0.25) is 0 Å². The number of sulfonamides is 1. The number of fused-ring (bicyclic) bond motifs is 2. The predicted molar refractivity (Wildman–Crippen MR) is 99.4 cm³/mol. The molecule has 1 aliphatic heterocycles. The lowest BCUT2D eigenvalue weighted by Crippen LogP contribution is -2.18. The van der Waals surface area contributed by atoms with Crippen molar-refractivity contribution in [3.8, 4) is 5.75 Å². The standard InChI is InChI=1S/C18H19N3O4S/c1-10-6-13-14(20-17(22)19-13)8-16(10)26(23,24)21-11-4-5-12-15(7-11)25-9-18(12,2)3/h4-8,21H,9H2,1-3H3,(H2,19,20,22). The summed E-state index contributed by atoms with van der Waals surface area (Å²) in [6.45, 7) is 6.42. The van der Waals surface area contributed by atoms with Crippen LogP contribution in [0.5, 0.6) is 5.75 Å². The fourth-order valence-electron chi connectivity index (χ4n) is 3.27. The number of hydrogen-bond acceptors (Lipinski definition) is 4. The topological polar surface area (TPSA) is 104 Å². The van der Waals surface area contributed by atoms with Crippen LogP contribution in [0.25, 0.3) is 11.0 Å². The lowest BCUT2D eigenvalue weighted by molar-refractivity contribution is 0.291. The molecule has 1 aliphatic rings. The molecule has 0 spiro atoms. The zero-order valence-corrected chi connectivity index (χ0v) is 15.5. The van der Waals surface area contributed by atoms with Crippen molar-refractivity contribution in [2.45, 2.75) is 31.1 Å². The highest BCUT2D eigenvalue weighted by atomic mass is 32.2. The molecular weight excluding hydrogens is 354 g/mol. The van der Waals surface area contributed by atoms with E-state index in [1.54, 1.807) is 25.1 Å². The highest BCUT2D eigenvalue weighted by Gasteiger charge is 2.32. The molecule has 2 aromatic carbocycles. The molecule has 2 heterocycles. The Bertz CT molecular complexity index is 1190. The number of aryl methyl sites for hydroxylation is 1. The van der Waals surface area contributed by atoms with Crippen molar-refractivity contribution in [1.29, 1.82) is 0 Å². The molecule has 0 fully saturated rings. The first-order valence-corrected chi connectivity index (χ1v) is 9.67. The zero-order chi connectivity index (χ0) is 18.7. The zero-order valence-electron chi connectivity index (χ0n) is 14.6. The molecule has 0 saturated heterocycles. The van der Waals surface area contributed by atoms with Gasteiger partial charge in [-0.05, 0) is 30.7 Å². The summed E-state index contributed by atoms with van der Waals surface area (Å²) < 4.78 is 34.0. The molecule has 136 valence electrons. The minimum absolute atomic E-state index is 0.0888. The van der Waals surface area contributed by atoms with Gasteiger partial charge in [0, 0.05) is 17.0 Å². The van der Waals surface area contributed by atoms with E-state index in [9.17, 15) is 13.2 Å². The second-order valence-electron chi connectivity index (χ2n) is 7.23. The van der Waals surface area contributed by atoms with E-state index >= 15 is 0 Å². The van der Waals surface area contributed by atoms with Crippen LogP contribution in [-0.2, 0) is 15.4 Å². The fourth-order valence-corrected chi connectivity index (χ4v) is 4.57. The van der Waals surface area contributed by atoms with Crippen molar-refractivity contribution < 1.29 is 13.2 Å². The van der Waals surface area contributed by atoms with Gasteiger partial charge in [-0.25, -0.2) is 13.2 Å². The number of aromatic amines is 2. The summed E-state index contributed by atoms with van der Waals surface area (Å²) in [6, 6.07) is 8.42. The van der Waals surface area contributed by atoms with Crippen molar-refractivity contribution in [3.63, 3.8) is 0 Å². The van der Waals surface area contributed by atoms with Gasteiger partial charge in [0.1, 0.15) is 5.75 Å². The van der Waals surface area contributed by atoms with E-state index in [1.807, 2.05) is 6.07 Å². The summed E-state index contributed by atoms with van der Waals surface area (Å²) in [5, 5.41) is 0. The number of nitrogens with one attached hydrogen (secondary N) is 3. The van der Waals surface area contributed by atoms with Crippen LogP contribution < -0.4 is 15.1 Å². The number of aromatic nitrogens is 2. The number of benzene rings is 2. The van der Waals surface area contributed by atoms with Crippen molar-refractivity contribution in [1.82, 2.24) is 9.97 Å². The maximum atomic E-state index is 12.8. The Kier molecular flexibility index (Phi) is 3.46. The first kappa shape index (κ1) is 16.7. The van der Waals surface area contributed by atoms with E-state index < -0.39 is 10.0 Å². The van der Waals surface area contributed by atoms with Crippen LogP contribution in [-0.4, -0.2) is 25.0 Å². The van der Waals surface area contributed by atoms with Crippen LogP contribution in [0.4, 0.5) is 5.69 Å². The summed E-state index contributed by atoms with van der Waals surface area (Å²) in [4.78, 5) is 16.7. The molecule has 0 aliphatic carbocycles. The van der Waals surface area contributed by atoms with Gasteiger partial charge in [-0.1, -0.05) is 19.9 Å². The molecule has 0 atom stereocenters. The number of H-pyrrole nitrogens is 2. The first-order chi connectivity index (χ1) is 12.2. The SMILES string of the molecule is Cc1cc2[nH]c(=O)[nH]c2cc1S(=O)(=O)Nc1ccc2c(c1)OCC2(C)C. The minimum Gasteiger partial charge on any atom is -0.492 e. The van der Waals surface area contributed by atoms with Gasteiger partial charge in [-0.15, -0.1) is 0 Å². The molecule has 0 saturated carbocycles. The Morgan fingerprint density at radius 2 is 1.81 bits per heavy atom. The highest BCUT2D eigenvalue weighted by molar-refractivity contribution is 7.92. The van der Waals surface area contributed by atoms with Gasteiger partial charge in [-0.2, -0.15) is 0 Å². The Morgan fingerprint density at radius 3 is 2.54 bits per heavy atom. The monoisotopic (exact) mass is 373 g/mol. The van der Waals surface area contributed by atoms with E-state index in [1.165, 1.54) is 6.07 Å². The highest BCUT2D eigenvalue weighted by Crippen LogP contribution is 2.40. The van der Waals surface area contributed by atoms with Crippen LogP contribution in [0.1, 0.15) is 25.0 Å². The van der Waals surface area contributed by atoms with Gasteiger partial charge in [-0.3, -0.25) is 4.72 Å². The molecule has 4 rings (SSSR count). The van der Waals surface area contributed by atoms with Crippen molar-refractivity contribution in [2.75, 3.05) is 11.3 Å². The Hall–Kier alpha value is -2.74. The maximum Gasteiger partial charge on any atom is 0.323 e. The van der Waals surface area contributed by atoms with Gasteiger partial charge in [0.25, 0.3) is 10.0 Å². The molecule has 8 heteroatoms. The van der Waals surface area contributed by atoms with Crippen LogP contribution in [0.3, 0.4) is 0 Å². The van der Waals surface area contributed by atoms with Crippen LogP contribution >= 0.6 is 0 Å².